The van der Waals surface area contributed by atoms with Crippen LogP contribution in [0.4, 0.5) is 0 Å². The zero-order valence-corrected chi connectivity index (χ0v) is 26.1. The first-order valence-corrected chi connectivity index (χ1v) is 15.6. The van der Waals surface area contributed by atoms with Crippen LogP contribution in [0.2, 0.25) is 0 Å². The number of H-pyrrole nitrogens is 1. The highest BCUT2D eigenvalue weighted by molar-refractivity contribution is 7.71. The summed E-state index contributed by atoms with van der Waals surface area (Å²) in [6.07, 6.45) is 7.57. The second-order valence-corrected chi connectivity index (χ2v) is 14.6. The average molecular weight is 573 g/mol. The number of carbonyl (C=O) groups is 1. The Labute approximate surface area is 243 Å². The zero-order valence-electron chi connectivity index (χ0n) is 25.3. The van der Waals surface area contributed by atoms with E-state index in [0.29, 0.717) is 31.1 Å². The molecule has 3 N–H and O–H groups in total. The van der Waals surface area contributed by atoms with E-state index in [1.807, 2.05) is 0 Å². The first kappa shape index (κ1) is 29.7. The van der Waals surface area contributed by atoms with E-state index < -0.39 is 12.2 Å². The van der Waals surface area contributed by atoms with Gasteiger partial charge < -0.3 is 19.4 Å². The number of hydrogen-bond acceptors (Lipinski definition) is 7. The number of aromatic nitrogens is 2. The quantitative estimate of drug-likeness (QED) is 0.203. The summed E-state index contributed by atoms with van der Waals surface area (Å²) in [4.78, 5) is 12.7. The molecular weight excluding hydrogens is 524 g/mol. The third kappa shape index (κ3) is 4.57. The number of aromatic amines is 1. The summed E-state index contributed by atoms with van der Waals surface area (Å²) in [5.74, 6) is 0.889. The van der Waals surface area contributed by atoms with E-state index in [0.717, 1.165) is 43.3 Å². The Kier molecular flexibility index (Phi) is 7.80. The van der Waals surface area contributed by atoms with E-state index in [1.165, 1.54) is 12.5 Å². The van der Waals surface area contributed by atoms with Gasteiger partial charge in [-0.1, -0.05) is 39.3 Å². The second-order valence-electron chi connectivity index (χ2n) is 14.3. The molecule has 7 nitrogen and oxygen atoms in total. The molecule has 40 heavy (non-hydrogen) atoms. The molecule has 1 aromatic heterocycles. The van der Waals surface area contributed by atoms with Crippen molar-refractivity contribution in [2.24, 2.45) is 39.9 Å². The van der Waals surface area contributed by atoms with Crippen LogP contribution in [0.5, 0.6) is 0 Å². The maximum atomic E-state index is 12.5. The van der Waals surface area contributed by atoms with Gasteiger partial charge in [0.25, 0.3) is 4.84 Å². The lowest BCUT2D eigenvalue weighted by Crippen LogP contribution is -2.65. The number of rotatable bonds is 5. The summed E-state index contributed by atoms with van der Waals surface area (Å²) in [6.45, 7) is 15.0. The van der Waals surface area contributed by atoms with Gasteiger partial charge in [-0.2, -0.15) is 0 Å². The number of nitrogens with zero attached hydrogens (tertiary/aromatic N) is 1. The lowest BCUT2D eigenvalue weighted by molar-refractivity contribution is -0.234. The Morgan fingerprint density at radius 1 is 1.15 bits per heavy atom. The number of aliphatic hydroxyl groups is 2. The number of hydrogen-bond donors (Lipinski definition) is 3. The standard InChI is InChI=1S/C32H48N2O5S/c1-17(2)9-8-10-20(28-33-34-29(40)39-28)26-22-15-24(37)27-30(5)13-12-23(36)18(3)21(30)11-14-31(27,6)32(22,7)16-25(26)38-19(4)35/h9,18,21-25,27,36-37H,8,10-16H2,1-7H3,(H,34,40)/b26-20-/t18-,21-,22-,23+,24+,25-,27?,30-,31-,32-/m0/s1. The molecule has 0 aliphatic heterocycles. The second kappa shape index (κ2) is 10.5. The van der Waals surface area contributed by atoms with E-state index in [1.54, 1.807) is 0 Å². The maximum Gasteiger partial charge on any atom is 0.303 e. The maximum absolute atomic E-state index is 12.5. The molecule has 4 aliphatic carbocycles. The molecule has 4 fully saturated rings. The van der Waals surface area contributed by atoms with E-state index in [4.69, 9.17) is 21.4 Å². The lowest BCUT2D eigenvalue weighted by Gasteiger charge is -2.69. The van der Waals surface area contributed by atoms with Crippen LogP contribution in [-0.2, 0) is 9.53 Å². The van der Waals surface area contributed by atoms with Crippen LogP contribution in [0.3, 0.4) is 0 Å². The molecule has 4 saturated carbocycles. The molecule has 222 valence electrons. The van der Waals surface area contributed by atoms with Crippen molar-refractivity contribution in [1.82, 2.24) is 10.2 Å². The molecule has 8 heteroatoms. The van der Waals surface area contributed by atoms with Gasteiger partial charge in [-0.3, -0.25) is 4.79 Å². The molecule has 0 saturated heterocycles. The first-order valence-electron chi connectivity index (χ1n) is 15.2. The number of fused-ring (bicyclic) bond motifs is 5. The van der Waals surface area contributed by atoms with E-state index in [-0.39, 0.29) is 50.9 Å². The molecule has 10 atom stereocenters. The molecule has 1 unspecified atom stereocenters. The molecule has 1 aromatic rings. The molecule has 1 heterocycles. The fourth-order valence-corrected chi connectivity index (χ4v) is 10.3. The summed E-state index contributed by atoms with van der Waals surface area (Å²) in [6, 6.07) is 0. The summed E-state index contributed by atoms with van der Waals surface area (Å²) in [7, 11) is 0. The van der Waals surface area contributed by atoms with Crippen LogP contribution in [-0.4, -0.2) is 44.7 Å². The van der Waals surface area contributed by atoms with Gasteiger partial charge in [0.1, 0.15) is 6.10 Å². The van der Waals surface area contributed by atoms with Crippen molar-refractivity contribution >= 4 is 23.8 Å². The molecule has 4 aliphatic rings. The van der Waals surface area contributed by atoms with E-state index >= 15 is 0 Å². The molecule has 0 amide bonds. The monoisotopic (exact) mass is 572 g/mol. The van der Waals surface area contributed by atoms with Gasteiger partial charge in [-0.25, -0.2) is 5.10 Å². The zero-order chi connectivity index (χ0) is 29.2. The topological polar surface area (TPSA) is 109 Å². The summed E-state index contributed by atoms with van der Waals surface area (Å²) in [5.41, 5.74) is 2.80. The van der Waals surface area contributed by atoms with Gasteiger partial charge in [-0.15, -0.1) is 5.10 Å². The molecule has 0 bridgehead atoms. The smallest absolute Gasteiger partial charge is 0.303 e. The number of esters is 1. The van der Waals surface area contributed by atoms with E-state index in [9.17, 15) is 15.0 Å². The number of ether oxygens (including phenoxy) is 1. The Morgan fingerprint density at radius 3 is 2.50 bits per heavy atom. The van der Waals surface area contributed by atoms with Crippen molar-refractivity contribution in [3.63, 3.8) is 0 Å². The molecule has 0 radical (unpaired) electrons. The highest BCUT2D eigenvalue weighted by Crippen LogP contribution is 2.74. The van der Waals surface area contributed by atoms with Crippen molar-refractivity contribution in [3.8, 4) is 0 Å². The van der Waals surface area contributed by atoms with Crippen molar-refractivity contribution in [2.45, 2.75) is 118 Å². The predicted octanol–water partition coefficient (Wildman–Crippen LogP) is 6.78. The number of allylic oxidation sites excluding steroid dienone is 3. The van der Waals surface area contributed by atoms with Crippen molar-refractivity contribution in [3.05, 3.63) is 28.0 Å². The molecule has 0 spiro atoms. The van der Waals surface area contributed by atoms with Crippen LogP contribution >= 0.6 is 12.2 Å². The predicted molar refractivity (Wildman–Crippen MR) is 156 cm³/mol. The third-order valence-corrected chi connectivity index (χ3v) is 12.2. The van der Waals surface area contributed by atoms with Crippen LogP contribution < -0.4 is 0 Å². The molecule has 0 aromatic carbocycles. The number of aliphatic hydroxyl groups excluding tert-OH is 2. The van der Waals surface area contributed by atoms with Gasteiger partial charge >= 0.3 is 5.97 Å². The van der Waals surface area contributed by atoms with Gasteiger partial charge in [0.2, 0.25) is 5.89 Å². The minimum atomic E-state index is -0.492. The van der Waals surface area contributed by atoms with Crippen molar-refractivity contribution in [1.29, 1.82) is 0 Å². The fraction of sp³-hybridized carbons (Fsp3) is 0.781. The number of carbonyl (C=O) groups excluding carboxylic acids is 1. The minimum Gasteiger partial charge on any atom is -0.458 e. The molecular formula is C32H48N2O5S. The lowest BCUT2D eigenvalue weighted by atomic mass is 9.36. The largest absolute Gasteiger partial charge is 0.458 e. The fourth-order valence-electron chi connectivity index (χ4n) is 10.1. The first-order chi connectivity index (χ1) is 18.7. The van der Waals surface area contributed by atoms with Gasteiger partial charge in [0, 0.05) is 12.5 Å². The minimum absolute atomic E-state index is 0.0158. The SMILES string of the molecule is CC(=O)O[C@H]1C[C@@]2(C)[C@@H](C[C@@H](O)C3[C@]2(C)CC[C@H]2[C@H](C)[C@H](O)CC[C@]32C)/C1=C(\CCC=C(C)C)c1n[nH]c(=S)o1. The normalized spacial score (nSPS) is 43.8. The van der Waals surface area contributed by atoms with Gasteiger partial charge in [-0.05, 0) is 123 Å². The average Bonchev–Trinajstić information content (AvgIpc) is 3.40. The molecule has 5 rings (SSSR count). The Bertz CT molecular complexity index is 1260. The van der Waals surface area contributed by atoms with Crippen LogP contribution in [0.25, 0.3) is 5.57 Å². The van der Waals surface area contributed by atoms with Crippen molar-refractivity contribution in [2.75, 3.05) is 0 Å². The van der Waals surface area contributed by atoms with Crippen LogP contribution in [0.15, 0.2) is 21.6 Å². The summed E-state index contributed by atoms with van der Waals surface area (Å²) < 4.78 is 12.0. The van der Waals surface area contributed by atoms with E-state index in [2.05, 4.69) is 57.8 Å². The Balaban J connectivity index is 1.65. The third-order valence-electron chi connectivity index (χ3n) is 12.0. The van der Waals surface area contributed by atoms with Crippen LogP contribution in [0, 0.1) is 44.8 Å². The van der Waals surface area contributed by atoms with Gasteiger partial charge in [0.05, 0.1) is 12.2 Å². The highest BCUT2D eigenvalue weighted by Gasteiger charge is 2.70. The summed E-state index contributed by atoms with van der Waals surface area (Å²) in [5, 5.41) is 30.1. The Hall–Kier alpha value is -1.77. The Morgan fingerprint density at radius 2 is 1.88 bits per heavy atom. The van der Waals surface area contributed by atoms with Gasteiger partial charge in [0.15, 0.2) is 0 Å². The highest BCUT2D eigenvalue weighted by atomic mass is 32.1. The van der Waals surface area contributed by atoms with Crippen LogP contribution in [0.1, 0.15) is 106 Å². The van der Waals surface area contributed by atoms with Crippen molar-refractivity contribution < 1.29 is 24.2 Å². The summed E-state index contributed by atoms with van der Waals surface area (Å²) >= 11 is 5.25. The number of nitrogens with one attached hydrogen (secondary N) is 1.